The summed E-state index contributed by atoms with van der Waals surface area (Å²) in [5, 5.41) is 0. The van der Waals surface area contributed by atoms with Crippen LogP contribution in [0.3, 0.4) is 0 Å². The summed E-state index contributed by atoms with van der Waals surface area (Å²) in [6.45, 7) is 0.169. The molecule has 2 heterocycles. The molecule has 0 saturated heterocycles. The number of nitrogens with zero attached hydrogens (tertiary/aromatic N) is 2. The molecule has 1 aromatic heterocycles. The lowest BCUT2D eigenvalue weighted by Crippen LogP contribution is -2.41. The van der Waals surface area contributed by atoms with Gasteiger partial charge in [-0.25, -0.2) is 13.8 Å². The maximum atomic E-state index is 14.7. The van der Waals surface area contributed by atoms with Crippen molar-refractivity contribution in [1.29, 1.82) is 0 Å². The number of alkyl halides is 3. The van der Waals surface area contributed by atoms with Gasteiger partial charge in [0.05, 0.1) is 16.8 Å². The zero-order valence-corrected chi connectivity index (χ0v) is 15.6. The van der Waals surface area contributed by atoms with Crippen molar-refractivity contribution >= 4 is 15.9 Å². The van der Waals surface area contributed by atoms with E-state index in [9.17, 15) is 27.2 Å². The fraction of sp³-hybridized carbons (Fsp3) is 0.375. The van der Waals surface area contributed by atoms with Crippen LogP contribution < -0.4 is 16.0 Å². The van der Waals surface area contributed by atoms with Gasteiger partial charge in [-0.15, -0.1) is 0 Å². The molecule has 3 rings (SSSR count). The molecule has 146 valence electrons. The van der Waals surface area contributed by atoms with Gasteiger partial charge in [-0.3, -0.25) is 9.36 Å². The third-order valence-electron chi connectivity index (χ3n) is 4.16. The third kappa shape index (κ3) is 3.29. The fourth-order valence-electron chi connectivity index (χ4n) is 3.02. The lowest BCUT2D eigenvalue weighted by atomic mass is 10.1. The van der Waals surface area contributed by atoms with Gasteiger partial charge in [-0.1, -0.05) is 0 Å². The summed E-state index contributed by atoms with van der Waals surface area (Å²) in [4.78, 5) is 24.8. The number of ether oxygens (including phenoxy) is 2. The van der Waals surface area contributed by atoms with E-state index in [1.165, 1.54) is 7.11 Å². The Bertz CT molecular complexity index is 1030. The Labute approximate surface area is 158 Å². The summed E-state index contributed by atoms with van der Waals surface area (Å²) in [6, 6.07) is 1.25. The zero-order valence-electron chi connectivity index (χ0n) is 14.1. The molecule has 0 radical (unpaired) electrons. The maximum Gasteiger partial charge on any atom is 0.431 e. The average molecular weight is 453 g/mol. The van der Waals surface area contributed by atoms with E-state index in [2.05, 4.69) is 15.9 Å². The molecule has 0 saturated carbocycles. The third-order valence-corrected chi connectivity index (χ3v) is 4.75. The number of halogens is 5. The van der Waals surface area contributed by atoms with E-state index in [0.29, 0.717) is 4.57 Å². The second-order valence-electron chi connectivity index (χ2n) is 5.94. The Kier molecular flexibility index (Phi) is 4.93. The van der Waals surface area contributed by atoms with Crippen LogP contribution in [0.15, 0.2) is 26.2 Å². The first kappa shape index (κ1) is 19.6. The molecule has 2 aromatic rings. The standard InChI is InChI=1S/C16H13BrF4N2O4/c1-22-11(16(19,20)21)5-12(24)23(15(22)25)13-8-3-7(6-26-2)27-14(8)9(17)4-10(13)18/h4-5,7H,3,6H2,1-2H3. The second-order valence-corrected chi connectivity index (χ2v) is 6.79. The van der Waals surface area contributed by atoms with E-state index in [0.717, 1.165) is 13.1 Å². The first-order valence-electron chi connectivity index (χ1n) is 7.63. The van der Waals surface area contributed by atoms with Crippen molar-refractivity contribution in [3.05, 3.63) is 54.5 Å². The number of aromatic nitrogens is 2. The van der Waals surface area contributed by atoms with Crippen LogP contribution in [0.1, 0.15) is 11.3 Å². The van der Waals surface area contributed by atoms with E-state index < -0.39 is 40.7 Å². The number of rotatable bonds is 3. The highest BCUT2D eigenvalue weighted by Crippen LogP contribution is 2.41. The first-order chi connectivity index (χ1) is 12.6. The smallest absolute Gasteiger partial charge is 0.431 e. The molecule has 27 heavy (non-hydrogen) atoms. The monoisotopic (exact) mass is 452 g/mol. The predicted octanol–water partition coefficient (Wildman–Crippen LogP) is 2.41. The topological polar surface area (TPSA) is 62.5 Å². The van der Waals surface area contributed by atoms with Crippen LogP contribution in [0.25, 0.3) is 5.69 Å². The fourth-order valence-corrected chi connectivity index (χ4v) is 3.55. The molecule has 1 unspecified atom stereocenters. The molecule has 1 aliphatic rings. The highest BCUT2D eigenvalue weighted by atomic mass is 79.9. The SMILES string of the molecule is COCC1Cc2c(c(Br)cc(F)c2-n2c(=O)cc(C(F)(F)F)n(C)c2=O)O1. The molecule has 0 spiro atoms. The summed E-state index contributed by atoms with van der Waals surface area (Å²) in [6.07, 6.45) is -5.28. The van der Waals surface area contributed by atoms with E-state index in [1.54, 1.807) is 0 Å². The quantitative estimate of drug-likeness (QED) is 0.671. The molecular weight excluding hydrogens is 440 g/mol. The zero-order chi connectivity index (χ0) is 20.1. The van der Waals surface area contributed by atoms with Crippen LogP contribution >= 0.6 is 15.9 Å². The molecular formula is C16H13BrF4N2O4. The van der Waals surface area contributed by atoms with Crippen LogP contribution in [0.4, 0.5) is 17.6 Å². The van der Waals surface area contributed by atoms with Crippen molar-refractivity contribution < 1.29 is 27.0 Å². The average Bonchev–Trinajstić information content (AvgIpc) is 2.97. The highest BCUT2D eigenvalue weighted by Gasteiger charge is 2.36. The molecule has 1 aliphatic heterocycles. The molecule has 6 nitrogen and oxygen atoms in total. The van der Waals surface area contributed by atoms with Gasteiger partial charge in [-0.05, 0) is 22.0 Å². The maximum absolute atomic E-state index is 14.7. The number of hydrogen-bond acceptors (Lipinski definition) is 4. The summed E-state index contributed by atoms with van der Waals surface area (Å²) >= 11 is 3.15. The molecule has 0 N–H and O–H groups in total. The van der Waals surface area contributed by atoms with Gasteiger partial charge in [0.15, 0.2) is 0 Å². The van der Waals surface area contributed by atoms with Crippen LogP contribution in [-0.2, 0) is 24.4 Å². The minimum atomic E-state index is -4.90. The summed E-state index contributed by atoms with van der Waals surface area (Å²) in [5.41, 5.74) is -4.25. The van der Waals surface area contributed by atoms with Gasteiger partial charge < -0.3 is 9.47 Å². The lowest BCUT2D eigenvalue weighted by molar-refractivity contribution is -0.144. The van der Waals surface area contributed by atoms with Crippen LogP contribution in [0.5, 0.6) is 5.75 Å². The second kappa shape index (κ2) is 6.79. The summed E-state index contributed by atoms with van der Waals surface area (Å²) in [7, 11) is 2.31. The Morgan fingerprint density at radius 1 is 1.33 bits per heavy atom. The Hall–Kier alpha value is -2.14. The predicted molar refractivity (Wildman–Crippen MR) is 89.9 cm³/mol. The molecule has 0 bridgehead atoms. The van der Waals surface area contributed by atoms with Gasteiger partial charge in [0, 0.05) is 32.2 Å². The van der Waals surface area contributed by atoms with Gasteiger partial charge >= 0.3 is 11.9 Å². The largest absolute Gasteiger partial charge is 0.486 e. The normalized spacial score (nSPS) is 16.3. The minimum Gasteiger partial charge on any atom is -0.486 e. The van der Waals surface area contributed by atoms with Gasteiger partial charge in [0.25, 0.3) is 5.56 Å². The molecule has 11 heteroatoms. The van der Waals surface area contributed by atoms with Crippen LogP contribution in [0, 0.1) is 5.82 Å². The number of fused-ring (bicyclic) bond motifs is 1. The number of benzene rings is 1. The Balaban J connectivity index is 2.29. The molecule has 1 atom stereocenters. The van der Waals surface area contributed by atoms with Gasteiger partial charge in [0.1, 0.15) is 23.4 Å². The molecule has 0 fully saturated rings. The van der Waals surface area contributed by atoms with Crippen molar-refractivity contribution in [2.24, 2.45) is 7.05 Å². The van der Waals surface area contributed by atoms with Crippen molar-refractivity contribution in [3.8, 4) is 11.4 Å². The van der Waals surface area contributed by atoms with Crippen molar-refractivity contribution in [3.63, 3.8) is 0 Å². The summed E-state index contributed by atoms with van der Waals surface area (Å²) in [5.74, 6) is -0.733. The van der Waals surface area contributed by atoms with Crippen molar-refractivity contribution in [2.75, 3.05) is 13.7 Å². The lowest BCUT2D eigenvalue weighted by Gasteiger charge is -2.16. The van der Waals surface area contributed by atoms with Crippen molar-refractivity contribution in [2.45, 2.75) is 18.7 Å². The minimum absolute atomic E-state index is 0.117. The number of methoxy groups -OCH3 is 1. The van der Waals surface area contributed by atoms with Crippen molar-refractivity contribution in [1.82, 2.24) is 9.13 Å². The molecule has 1 aromatic carbocycles. The van der Waals surface area contributed by atoms with Crippen LogP contribution in [-0.4, -0.2) is 29.0 Å². The van der Waals surface area contributed by atoms with Gasteiger partial charge in [-0.2, -0.15) is 13.2 Å². The highest BCUT2D eigenvalue weighted by molar-refractivity contribution is 9.10. The first-order valence-corrected chi connectivity index (χ1v) is 8.42. The molecule has 0 aliphatic carbocycles. The van der Waals surface area contributed by atoms with Crippen LogP contribution in [0.2, 0.25) is 0 Å². The van der Waals surface area contributed by atoms with E-state index in [1.807, 2.05) is 0 Å². The number of hydrogen-bond donors (Lipinski definition) is 0. The summed E-state index contributed by atoms with van der Waals surface area (Å²) < 4.78 is 65.3. The Morgan fingerprint density at radius 2 is 2.00 bits per heavy atom. The van der Waals surface area contributed by atoms with Gasteiger partial charge in [0.2, 0.25) is 0 Å². The Morgan fingerprint density at radius 3 is 2.59 bits per heavy atom. The van der Waals surface area contributed by atoms with E-state index in [4.69, 9.17) is 9.47 Å². The molecule has 0 amide bonds. The van der Waals surface area contributed by atoms with E-state index >= 15 is 0 Å². The van der Waals surface area contributed by atoms with E-state index in [-0.39, 0.29) is 39.4 Å².